The van der Waals surface area contributed by atoms with Crippen LogP contribution in [0.2, 0.25) is 0 Å². The van der Waals surface area contributed by atoms with Gasteiger partial charge in [0.2, 0.25) is 0 Å². The minimum Gasteiger partial charge on any atom is -0.0984 e. The summed E-state index contributed by atoms with van der Waals surface area (Å²) >= 11 is 3.89. The third kappa shape index (κ3) is 2.57. The van der Waals surface area contributed by atoms with Crippen molar-refractivity contribution in [2.45, 2.75) is 12.3 Å². The Morgan fingerprint density at radius 2 is 1.24 bits per heavy atom. The molecule has 2 aliphatic carbocycles. The van der Waals surface area contributed by atoms with E-state index in [4.69, 9.17) is 0 Å². The molecular weight excluding hydrogens is 464 g/mol. The average molecular weight is 487 g/mol. The quantitative estimate of drug-likeness (QED) is 0.265. The van der Waals surface area contributed by atoms with Crippen molar-refractivity contribution in [2.75, 3.05) is 0 Å². The molecule has 4 aromatic carbocycles. The summed E-state index contributed by atoms with van der Waals surface area (Å²) < 4.78 is 1.13. The number of allylic oxidation sites excluding steroid dienone is 5. The maximum atomic E-state index is 4.30. The Morgan fingerprint density at radius 3 is 1.94 bits per heavy atom. The van der Waals surface area contributed by atoms with Gasteiger partial charge in [-0.25, -0.2) is 0 Å². The van der Waals surface area contributed by atoms with Gasteiger partial charge < -0.3 is 0 Å². The number of halogens is 1. The van der Waals surface area contributed by atoms with Gasteiger partial charge in [0.25, 0.3) is 0 Å². The predicted molar refractivity (Wildman–Crippen MR) is 143 cm³/mol. The normalized spacial score (nSPS) is 18.0. The zero-order chi connectivity index (χ0) is 22.6. The van der Waals surface area contributed by atoms with E-state index in [2.05, 4.69) is 133 Å². The molecule has 0 saturated heterocycles. The second kappa shape index (κ2) is 7.57. The molecule has 0 radical (unpaired) electrons. The molecule has 0 saturated carbocycles. The number of rotatable bonds is 2. The Balaban J connectivity index is 1.94. The molecule has 1 spiro atoms. The molecule has 0 amide bonds. The fourth-order valence-corrected chi connectivity index (χ4v) is 6.54. The van der Waals surface area contributed by atoms with E-state index in [1.165, 1.54) is 55.7 Å². The maximum absolute atomic E-state index is 4.30. The summed E-state index contributed by atoms with van der Waals surface area (Å²) in [4.78, 5) is 0. The van der Waals surface area contributed by atoms with Crippen molar-refractivity contribution < 1.29 is 0 Å². The third-order valence-corrected chi connectivity index (χ3v) is 7.75. The first-order valence-corrected chi connectivity index (χ1v) is 12.1. The highest BCUT2D eigenvalue weighted by Crippen LogP contribution is 2.62. The lowest BCUT2D eigenvalue weighted by molar-refractivity contribution is 0.774. The molecule has 0 fully saturated rings. The molecule has 0 heterocycles. The van der Waals surface area contributed by atoms with E-state index >= 15 is 0 Å². The molecule has 0 N–H and O–H groups in total. The summed E-state index contributed by atoms with van der Waals surface area (Å²) in [5.41, 5.74) is 12.3. The zero-order valence-corrected chi connectivity index (χ0v) is 20.1. The molecule has 0 bridgehead atoms. The smallest absolute Gasteiger partial charge is 0.0725 e. The molecule has 1 unspecified atom stereocenters. The number of fused-ring (bicyclic) bond motifs is 9. The number of hydrogen-bond acceptors (Lipinski definition) is 0. The fourth-order valence-electron chi connectivity index (χ4n) is 5.96. The second-order valence-corrected chi connectivity index (χ2v) is 9.43. The van der Waals surface area contributed by atoms with Crippen LogP contribution in [0.5, 0.6) is 0 Å². The van der Waals surface area contributed by atoms with Crippen LogP contribution in [-0.4, -0.2) is 0 Å². The van der Waals surface area contributed by atoms with Crippen LogP contribution in [0.4, 0.5) is 0 Å². The van der Waals surface area contributed by atoms with Crippen LogP contribution in [0.15, 0.2) is 126 Å². The Labute approximate surface area is 203 Å². The number of benzene rings is 4. The molecule has 1 heteroatoms. The van der Waals surface area contributed by atoms with Crippen molar-refractivity contribution in [2.24, 2.45) is 0 Å². The van der Waals surface area contributed by atoms with Crippen LogP contribution in [0, 0.1) is 0 Å². The monoisotopic (exact) mass is 486 g/mol. The van der Waals surface area contributed by atoms with Crippen molar-refractivity contribution in [3.05, 3.63) is 148 Å². The van der Waals surface area contributed by atoms with Crippen molar-refractivity contribution in [3.63, 3.8) is 0 Å². The standard InChI is InChI=1S/C32H23Br/c1-3-12-26-21(4-2)22-13-5-6-14-23(22)24-15-7-9-17-27(24)32(26)28-18-10-8-16-25(28)31-29(32)19-11-20-30(31)33/h3-20H,2H2,1H3/b12-3-. The first-order chi connectivity index (χ1) is 16.2. The summed E-state index contributed by atoms with van der Waals surface area (Å²) in [7, 11) is 0. The Kier molecular flexibility index (Phi) is 4.64. The van der Waals surface area contributed by atoms with E-state index < -0.39 is 5.41 Å². The van der Waals surface area contributed by atoms with Crippen LogP contribution in [0.1, 0.15) is 29.2 Å². The van der Waals surface area contributed by atoms with Crippen LogP contribution < -0.4 is 0 Å². The Hall–Kier alpha value is -3.42. The summed E-state index contributed by atoms with van der Waals surface area (Å²) in [6.07, 6.45) is 6.50. The van der Waals surface area contributed by atoms with Gasteiger partial charge in [-0.15, -0.1) is 0 Å². The van der Waals surface area contributed by atoms with E-state index in [1.54, 1.807) is 0 Å². The van der Waals surface area contributed by atoms with Gasteiger partial charge in [0.05, 0.1) is 5.41 Å². The van der Waals surface area contributed by atoms with E-state index in [-0.39, 0.29) is 0 Å². The van der Waals surface area contributed by atoms with Crippen molar-refractivity contribution in [1.29, 1.82) is 0 Å². The van der Waals surface area contributed by atoms with E-state index in [1.807, 2.05) is 6.08 Å². The molecular formula is C32H23Br. The highest BCUT2D eigenvalue weighted by Gasteiger charge is 2.50. The lowest BCUT2D eigenvalue weighted by Gasteiger charge is -2.36. The summed E-state index contributed by atoms with van der Waals surface area (Å²) in [6.45, 7) is 6.41. The Bertz CT molecular complexity index is 1500. The molecule has 0 nitrogen and oxygen atoms in total. The van der Waals surface area contributed by atoms with E-state index in [9.17, 15) is 0 Å². The van der Waals surface area contributed by atoms with Gasteiger partial charge in [-0.05, 0) is 63.1 Å². The largest absolute Gasteiger partial charge is 0.0984 e. The van der Waals surface area contributed by atoms with Crippen LogP contribution in [0.25, 0.3) is 27.8 Å². The SMILES string of the molecule is C=CC1=C(/C=C\C)C2(c3ccccc3-c3ccccc31)c1ccccc1-c1c(Br)cccc12. The first kappa shape index (κ1) is 20.2. The van der Waals surface area contributed by atoms with Gasteiger partial charge in [0.1, 0.15) is 0 Å². The molecule has 6 rings (SSSR count). The van der Waals surface area contributed by atoms with Crippen molar-refractivity contribution in [3.8, 4) is 22.3 Å². The molecule has 0 aromatic heterocycles. The minimum absolute atomic E-state index is 0.443. The summed E-state index contributed by atoms with van der Waals surface area (Å²) in [5.74, 6) is 0. The van der Waals surface area contributed by atoms with Crippen LogP contribution >= 0.6 is 15.9 Å². The molecule has 33 heavy (non-hydrogen) atoms. The third-order valence-electron chi connectivity index (χ3n) is 7.09. The van der Waals surface area contributed by atoms with Gasteiger partial charge in [0, 0.05) is 10.0 Å². The molecule has 1 atom stereocenters. The van der Waals surface area contributed by atoms with Gasteiger partial charge >= 0.3 is 0 Å². The van der Waals surface area contributed by atoms with Gasteiger partial charge in [-0.3, -0.25) is 0 Å². The average Bonchev–Trinajstić information content (AvgIpc) is 3.11. The van der Waals surface area contributed by atoms with E-state index in [0.717, 1.165) is 4.47 Å². The second-order valence-electron chi connectivity index (χ2n) is 8.58. The van der Waals surface area contributed by atoms with Crippen molar-refractivity contribution in [1.82, 2.24) is 0 Å². The predicted octanol–water partition coefficient (Wildman–Crippen LogP) is 8.96. The summed E-state index contributed by atoms with van der Waals surface area (Å²) in [6, 6.07) is 33.1. The van der Waals surface area contributed by atoms with Crippen molar-refractivity contribution >= 4 is 21.5 Å². The zero-order valence-electron chi connectivity index (χ0n) is 18.5. The molecule has 0 aliphatic heterocycles. The minimum atomic E-state index is -0.443. The van der Waals surface area contributed by atoms with E-state index in [0.29, 0.717) is 0 Å². The summed E-state index contributed by atoms with van der Waals surface area (Å²) in [5, 5.41) is 0. The topological polar surface area (TPSA) is 0 Å². The lowest BCUT2D eigenvalue weighted by atomic mass is 9.65. The molecule has 158 valence electrons. The Morgan fingerprint density at radius 1 is 0.667 bits per heavy atom. The van der Waals surface area contributed by atoms with Gasteiger partial charge in [-0.2, -0.15) is 0 Å². The fraction of sp³-hybridized carbons (Fsp3) is 0.0625. The lowest BCUT2D eigenvalue weighted by Crippen LogP contribution is -2.29. The number of hydrogen-bond donors (Lipinski definition) is 0. The first-order valence-electron chi connectivity index (χ1n) is 11.3. The van der Waals surface area contributed by atoms with Crippen LogP contribution in [-0.2, 0) is 5.41 Å². The maximum Gasteiger partial charge on any atom is 0.0725 e. The molecule has 4 aromatic rings. The highest BCUT2D eigenvalue weighted by atomic mass is 79.9. The molecule has 2 aliphatic rings. The highest BCUT2D eigenvalue weighted by molar-refractivity contribution is 9.10. The van der Waals surface area contributed by atoms with Crippen LogP contribution in [0.3, 0.4) is 0 Å². The van der Waals surface area contributed by atoms with Gasteiger partial charge in [0.15, 0.2) is 0 Å². The van der Waals surface area contributed by atoms with Gasteiger partial charge in [-0.1, -0.05) is 126 Å².